The Morgan fingerprint density at radius 1 is 0.923 bits per heavy atom. The highest BCUT2D eigenvalue weighted by Crippen LogP contribution is 2.21. The average Bonchev–Trinajstić information content (AvgIpc) is 2.94. The number of hydrogen-bond acceptors (Lipinski definition) is 4. The number of benzene rings is 1. The van der Waals surface area contributed by atoms with E-state index in [4.69, 9.17) is 0 Å². The van der Waals surface area contributed by atoms with Gasteiger partial charge in [0.2, 0.25) is 5.91 Å². The van der Waals surface area contributed by atoms with Crippen molar-refractivity contribution in [3.05, 3.63) is 24.3 Å². The van der Waals surface area contributed by atoms with Gasteiger partial charge in [0.05, 0.1) is 6.54 Å². The van der Waals surface area contributed by atoms with Crippen LogP contribution in [0.3, 0.4) is 0 Å². The smallest absolute Gasteiger partial charge is 0.309 e. The van der Waals surface area contributed by atoms with E-state index in [-0.39, 0.29) is 12.5 Å². The van der Waals surface area contributed by atoms with E-state index in [9.17, 15) is 14.4 Å². The van der Waals surface area contributed by atoms with E-state index in [1.807, 2.05) is 31.2 Å². The maximum Gasteiger partial charge on any atom is 0.309 e. The second kappa shape index (κ2) is 10.4. The van der Waals surface area contributed by atoms with E-state index in [2.05, 4.69) is 20.9 Å². The molecule has 1 aliphatic heterocycles. The quantitative estimate of drug-likeness (QED) is 0.673. The van der Waals surface area contributed by atoms with E-state index in [0.717, 1.165) is 25.2 Å². The van der Waals surface area contributed by atoms with Gasteiger partial charge in [0.15, 0.2) is 0 Å². The molecule has 0 spiro atoms. The monoisotopic (exact) mass is 360 g/mol. The molecule has 1 fully saturated rings. The summed E-state index contributed by atoms with van der Waals surface area (Å²) in [6.45, 7) is 4.22. The lowest BCUT2D eigenvalue weighted by Crippen LogP contribution is -2.43. The predicted octanol–water partition coefficient (Wildman–Crippen LogP) is 1.65. The molecule has 0 aromatic heterocycles. The Kier molecular flexibility index (Phi) is 7.92. The number of carbonyl (C=O) groups is 3. The fourth-order valence-electron chi connectivity index (χ4n) is 2.85. The summed E-state index contributed by atoms with van der Waals surface area (Å²) in [4.78, 5) is 37.3. The van der Waals surface area contributed by atoms with Gasteiger partial charge < -0.3 is 20.9 Å². The summed E-state index contributed by atoms with van der Waals surface area (Å²) >= 11 is 0. The highest BCUT2D eigenvalue weighted by atomic mass is 16.2. The van der Waals surface area contributed by atoms with Crippen LogP contribution in [0.5, 0.6) is 0 Å². The largest absolute Gasteiger partial charge is 0.372 e. The van der Waals surface area contributed by atoms with Crippen LogP contribution in [0.2, 0.25) is 0 Å². The van der Waals surface area contributed by atoms with E-state index in [1.165, 1.54) is 25.7 Å². The first-order valence-corrected chi connectivity index (χ1v) is 9.31. The van der Waals surface area contributed by atoms with Crippen molar-refractivity contribution in [2.45, 2.75) is 39.0 Å². The van der Waals surface area contributed by atoms with E-state index in [1.54, 1.807) is 0 Å². The molecule has 1 aliphatic rings. The minimum Gasteiger partial charge on any atom is -0.372 e. The normalized spacial score (nSPS) is 14.3. The van der Waals surface area contributed by atoms with Crippen LogP contribution in [0, 0.1) is 0 Å². The molecule has 3 N–H and O–H groups in total. The number of nitrogens with zero attached hydrogens (tertiary/aromatic N) is 1. The summed E-state index contributed by atoms with van der Waals surface area (Å²) in [6, 6.07) is 7.71. The standard InChI is InChI=1S/C19H28N4O3/c1-2-11-20-18(25)19(26)21-14-17(24)22-15-7-9-16(10-8-15)23-12-5-3-4-6-13-23/h7-10H,2-6,11-14H2,1H3,(H,20,25)(H,21,26)(H,22,24). The van der Waals surface area contributed by atoms with Crippen LogP contribution in [0.15, 0.2) is 24.3 Å². The molecule has 3 amide bonds. The third-order valence-corrected chi connectivity index (χ3v) is 4.27. The topological polar surface area (TPSA) is 90.5 Å². The summed E-state index contributed by atoms with van der Waals surface area (Å²) in [5.74, 6) is -1.89. The van der Waals surface area contributed by atoms with Crippen molar-refractivity contribution in [3.63, 3.8) is 0 Å². The number of amides is 3. The van der Waals surface area contributed by atoms with Gasteiger partial charge in [-0.3, -0.25) is 14.4 Å². The first-order valence-electron chi connectivity index (χ1n) is 9.31. The van der Waals surface area contributed by atoms with Crippen LogP contribution in [0.25, 0.3) is 0 Å². The van der Waals surface area contributed by atoms with Gasteiger partial charge in [-0.05, 0) is 43.5 Å². The number of rotatable bonds is 6. The minimum absolute atomic E-state index is 0.244. The second-order valence-corrected chi connectivity index (χ2v) is 6.43. The summed E-state index contributed by atoms with van der Waals surface area (Å²) in [6.07, 6.45) is 5.74. The van der Waals surface area contributed by atoms with Crippen LogP contribution in [-0.4, -0.2) is 43.9 Å². The van der Waals surface area contributed by atoms with Gasteiger partial charge in [-0.2, -0.15) is 0 Å². The molecule has 0 aliphatic carbocycles. The van der Waals surface area contributed by atoms with Crippen molar-refractivity contribution >= 4 is 29.1 Å². The number of nitrogens with one attached hydrogen (secondary N) is 3. The SMILES string of the molecule is CCCNC(=O)C(=O)NCC(=O)Nc1ccc(N2CCCCCC2)cc1. The molecule has 7 heteroatoms. The molecule has 142 valence electrons. The summed E-state index contributed by atoms with van der Waals surface area (Å²) in [7, 11) is 0. The number of anilines is 2. The molecule has 1 aromatic rings. The lowest BCUT2D eigenvalue weighted by molar-refractivity contribution is -0.139. The van der Waals surface area contributed by atoms with Gasteiger partial charge in [0, 0.05) is 31.0 Å². The number of hydrogen-bond donors (Lipinski definition) is 3. The van der Waals surface area contributed by atoms with Gasteiger partial charge in [-0.25, -0.2) is 0 Å². The minimum atomic E-state index is -0.801. The third kappa shape index (κ3) is 6.38. The van der Waals surface area contributed by atoms with Gasteiger partial charge in [0.25, 0.3) is 0 Å². The lowest BCUT2D eigenvalue weighted by atomic mass is 10.2. The van der Waals surface area contributed by atoms with E-state index >= 15 is 0 Å². The third-order valence-electron chi connectivity index (χ3n) is 4.27. The van der Waals surface area contributed by atoms with Gasteiger partial charge in [-0.1, -0.05) is 19.8 Å². The molecule has 0 saturated carbocycles. The maximum atomic E-state index is 11.9. The highest BCUT2D eigenvalue weighted by Gasteiger charge is 2.14. The Bertz CT molecular complexity index is 608. The number of carbonyl (C=O) groups excluding carboxylic acids is 3. The molecule has 0 unspecified atom stereocenters. The van der Waals surface area contributed by atoms with Crippen molar-refractivity contribution in [1.29, 1.82) is 0 Å². The van der Waals surface area contributed by atoms with E-state index < -0.39 is 11.8 Å². The molecule has 1 heterocycles. The van der Waals surface area contributed by atoms with Crippen LogP contribution >= 0.6 is 0 Å². The van der Waals surface area contributed by atoms with Crippen LogP contribution in [-0.2, 0) is 14.4 Å². The predicted molar refractivity (Wildman–Crippen MR) is 102 cm³/mol. The molecule has 0 radical (unpaired) electrons. The molecule has 1 aromatic carbocycles. The van der Waals surface area contributed by atoms with Crippen molar-refractivity contribution < 1.29 is 14.4 Å². The van der Waals surface area contributed by atoms with Gasteiger partial charge in [0.1, 0.15) is 0 Å². The second-order valence-electron chi connectivity index (χ2n) is 6.43. The molecular formula is C19H28N4O3. The Balaban J connectivity index is 1.78. The van der Waals surface area contributed by atoms with Gasteiger partial charge >= 0.3 is 11.8 Å². The first-order chi connectivity index (χ1) is 12.6. The van der Waals surface area contributed by atoms with Crippen molar-refractivity contribution in [3.8, 4) is 0 Å². The van der Waals surface area contributed by atoms with Crippen molar-refractivity contribution in [1.82, 2.24) is 10.6 Å². The summed E-state index contributed by atoms with van der Waals surface area (Å²) < 4.78 is 0. The zero-order valence-electron chi connectivity index (χ0n) is 15.3. The zero-order chi connectivity index (χ0) is 18.8. The van der Waals surface area contributed by atoms with Crippen LogP contribution < -0.4 is 20.9 Å². The fraction of sp³-hybridized carbons (Fsp3) is 0.526. The lowest BCUT2D eigenvalue weighted by Gasteiger charge is -2.22. The summed E-state index contributed by atoms with van der Waals surface area (Å²) in [5, 5.41) is 7.49. The molecule has 0 bridgehead atoms. The Labute approximate surface area is 154 Å². The molecule has 1 saturated heterocycles. The summed E-state index contributed by atoms with van der Waals surface area (Å²) in [5.41, 5.74) is 1.82. The molecular weight excluding hydrogens is 332 g/mol. The Morgan fingerprint density at radius 3 is 2.15 bits per heavy atom. The average molecular weight is 360 g/mol. The maximum absolute atomic E-state index is 11.9. The van der Waals surface area contributed by atoms with Gasteiger partial charge in [-0.15, -0.1) is 0 Å². The van der Waals surface area contributed by atoms with E-state index in [0.29, 0.717) is 12.2 Å². The Morgan fingerprint density at radius 2 is 1.54 bits per heavy atom. The van der Waals surface area contributed by atoms with Crippen molar-refractivity contribution in [2.24, 2.45) is 0 Å². The highest BCUT2D eigenvalue weighted by molar-refractivity contribution is 6.35. The molecule has 2 rings (SSSR count). The van der Waals surface area contributed by atoms with Crippen LogP contribution in [0.4, 0.5) is 11.4 Å². The first kappa shape index (κ1) is 19.8. The Hall–Kier alpha value is -2.57. The fourth-order valence-corrected chi connectivity index (χ4v) is 2.85. The molecule has 26 heavy (non-hydrogen) atoms. The van der Waals surface area contributed by atoms with Crippen molar-refractivity contribution in [2.75, 3.05) is 36.4 Å². The molecule has 7 nitrogen and oxygen atoms in total. The van der Waals surface area contributed by atoms with Crippen LogP contribution in [0.1, 0.15) is 39.0 Å². The molecule has 0 atom stereocenters. The zero-order valence-corrected chi connectivity index (χ0v) is 15.3.